The van der Waals surface area contributed by atoms with Crippen LogP contribution in [-0.4, -0.2) is 11.6 Å². The van der Waals surface area contributed by atoms with E-state index in [4.69, 9.17) is 27.9 Å². The Kier molecular flexibility index (Phi) is 6.52. The van der Waals surface area contributed by atoms with Crippen LogP contribution in [0.5, 0.6) is 5.75 Å². The predicted octanol–water partition coefficient (Wildman–Crippen LogP) is 7.68. The number of ketones is 2. The van der Waals surface area contributed by atoms with Gasteiger partial charge in [-0.05, 0) is 47.4 Å². The lowest BCUT2D eigenvalue weighted by molar-refractivity contribution is -0.119. The molecule has 0 saturated carbocycles. The second-order valence-corrected chi connectivity index (χ2v) is 12.7. The van der Waals surface area contributed by atoms with Crippen molar-refractivity contribution in [1.29, 1.82) is 0 Å². The first-order chi connectivity index (χ1) is 17.3. The van der Waals surface area contributed by atoms with Crippen LogP contribution in [0.25, 0.3) is 0 Å². The van der Waals surface area contributed by atoms with E-state index in [2.05, 4.69) is 33.0 Å². The van der Waals surface area contributed by atoms with E-state index in [0.717, 1.165) is 11.4 Å². The number of halogens is 3. The van der Waals surface area contributed by atoms with E-state index < -0.39 is 5.92 Å². The summed E-state index contributed by atoms with van der Waals surface area (Å²) in [6.07, 6.45) is 2.22. The van der Waals surface area contributed by atoms with E-state index in [9.17, 15) is 14.0 Å². The summed E-state index contributed by atoms with van der Waals surface area (Å²) in [6.45, 7) is 8.30. The van der Waals surface area contributed by atoms with E-state index in [-0.39, 0.29) is 50.6 Å². The molecule has 0 amide bonds. The molecule has 0 aromatic heterocycles. The predicted molar refractivity (Wildman–Crippen MR) is 143 cm³/mol. The van der Waals surface area contributed by atoms with Gasteiger partial charge in [0.2, 0.25) is 0 Å². The number of hydrogen-bond donors (Lipinski definition) is 1. The molecule has 0 atom stereocenters. The van der Waals surface area contributed by atoms with Crippen LogP contribution in [0.4, 0.5) is 4.39 Å². The second-order valence-electron chi connectivity index (χ2n) is 11.9. The highest BCUT2D eigenvalue weighted by molar-refractivity contribution is 6.37. The molecular weight excluding hydrogens is 512 g/mol. The fraction of sp³-hybridized carbons (Fsp3) is 0.400. The Morgan fingerprint density at radius 2 is 1.41 bits per heavy atom. The quantitative estimate of drug-likeness (QED) is 0.431. The largest absolute Gasteiger partial charge is 0.486 e. The monoisotopic (exact) mass is 541 g/mol. The van der Waals surface area contributed by atoms with Gasteiger partial charge >= 0.3 is 0 Å². The molecule has 0 radical (unpaired) electrons. The summed E-state index contributed by atoms with van der Waals surface area (Å²) in [5, 5.41) is 3.99. The fourth-order valence-electron chi connectivity index (χ4n) is 5.87. The number of dihydropyridines is 1. The third kappa shape index (κ3) is 4.96. The molecule has 4 nitrogen and oxygen atoms in total. The van der Waals surface area contributed by atoms with Gasteiger partial charge in [-0.1, -0.05) is 69.1 Å². The minimum Gasteiger partial charge on any atom is -0.486 e. The SMILES string of the molecule is CC1(C)CC(=O)C2=C(C1)NC1=C(C(=O)CC(C)(C)C1)C2c1cc(Cl)c(OCc2ccccc2F)c(Cl)c1. The van der Waals surface area contributed by atoms with Crippen LogP contribution < -0.4 is 10.1 Å². The Labute approximate surface area is 226 Å². The summed E-state index contributed by atoms with van der Waals surface area (Å²) in [5.74, 6) is -0.633. The standard InChI is InChI=1S/C30H30Cl2FNO3/c1-29(2)11-21-26(23(35)13-29)25(27-22(34-21)12-30(3,4)14-24(27)36)17-9-18(31)28(19(32)10-17)37-15-16-7-5-6-8-20(16)33/h5-10,25,34H,11-15H2,1-4H3. The number of benzene rings is 2. The van der Waals surface area contributed by atoms with Gasteiger partial charge in [0.25, 0.3) is 0 Å². The van der Waals surface area contributed by atoms with Crippen LogP contribution in [-0.2, 0) is 16.2 Å². The average molecular weight is 542 g/mol. The van der Waals surface area contributed by atoms with Gasteiger partial charge in [0.1, 0.15) is 12.4 Å². The summed E-state index contributed by atoms with van der Waals surface area (Å²) >= 11 is 13.3. The lowest BCUT2D eigenvalue weighted by Crippen LogP contribution is -2.42. The Bertz CT molecular complexity index is 1310. The molecule has 2 aromatic carbocycles. The van der Waals surface area contributed by atoms with E-state index in [1.165, 1.54) is 6.07 Å². The molecule has 1 heterocycles. The van der Waals surface area contributed by atoms with Gasteiger partial charge in [0.05, 0.1) is 10.0 Å². The number of Topliss-reactive ketones (excluding diaryl/α,β-unsaturated/α-hetero) is 2. The second kappa shape index (κ2) is 9.28. The van der Waals surface area contributed by atoms with Gasteiger partial charge in [-0.15, -0.1) is 0 Å². The molecule has 7 heteroatoms. The number of rotatable bonds is 4. The van der Waals surface area contributed by atoms with Crippen molar-refractivity contribution in [3.05, 3.63) is 85.9 Å². The topological polar surface area (TPSA) is 55.4 Å². The Morgan fingerprint density at radius 3 is 1.92 bits per heavy atom. The van der Waals surface area contributed by atoms with E-state index in [0.29, 0.717) is 48.0 Å². The smallest absolute Gasteiger partial charge is 0.162 e. The van der Waals surface area contributed by atoms with Crippen molar-refractivity contribution in [2.75, 3.05) is 0 Å². The number of hydrogen-bond acceptors (Lipinski definition) is 4. The molecule has 37 heavy (non-hydrogen) atoms. The van der Waals surface area contributed by atoms with Crippen molar-refractivity contribution in [3.8, 4) is 5.75 Å². The number of carbonyl (C=O) groups excluding carboxylic acids is 2. The van der Waals surface area contributed by atoms with Crippen molar-refractivity contribution in [1.82, 2.24) is 5.32 Å². The minimum atomic E-state index is -0.547. The third-order valence-electron chi connectivity index (χ3n) is 7.40. The van der Waals surface area contributed by atoms with Crippen LogP contribution >= 0.6 is 23.2 Å². The van der Waals surface area contributed by atoms with E-state index >= 15 is 0 Å². The molecule has 5 rings (SSSR count). The molecule has 2 aliphatic carbocycles. The highest BCUT2D eigenvalue weighted by Gasteiger charge is 2.46. The Morgan fingerprint density at radius 1 is 0.892 bits per heavy atom. The number of ether oxygens (including phenoxy) is 1. The average Bonchev–Trinajstić information content (AvgIpc) is 2.76. The van der Waals surface area contributed by atoms with Crippen LogP contribution in [0.15, 0.2) is 58.9 Å². The lowest BCUT2D eigenvalue weighted by atomic mass is 9.64. The van der Waals surface area contributed by atoms with Gasteiger partial charge in [-0.25, -0.2) is 4.39 Å². The Hall–Kier alpha value is -2.63. The highest BCUT2D eigenvalue weighted by Crippen LogP contribution is 2.52. The van der Waals surface area contributed by atoms with Crippen molar-refractivity contribution in [2.24, 2.45) is 10.8 Å². The van der Waals surface area contributed by atoms with Crippen LogP contribution in [0.1, 0.15) is 70.4 Å². The number of allylic oxidation sites excluding steroid dienone is 4. The maximum absolute atomic E-state index is 14.1. The molecule has 194 valence electrons. The molecule has 0 unspecified atom stereocenters. The molecule has 1 aliphatic heterocycles. The van der Waals surface area contributed by atoms with Crippen LogP contribution in [0.2, 0.25) is 10.0 Å². The molecular formula is C30H30Cl2FNO3. The van der Waals surface area contributed by atoms with Crippen LogP contribution in [0, 0.1) is 16.6 Å². The zero-order valence-corrected chi connectivity index (χ0v) is 22.9. The first-order valence-electron chi connectivity index (χ1n) is 12.5. The lowest BCUT2D eigenvalue weighted by Gasteiger charge is -2.44. The molecule has 0 spiro atoms. The maximum atomic E-state index is 14.1. The van der Waals surface area contributed by atoms with Crippen molar-refractivity contribution < 1.29 is 18.7 Å². The summed E-state index contributed by atoms with van der Waals surface area (Å²) in [6, 6.07) is 9.77. The normalized spacial score (nSPS) is 20.9. The van der Waals surface area contributed by atoms with E-state index in [1.807, 2.05) is 0 Å². The summed E-state index contributed by atoms with van der Waals surface area (Å²) < 4.78 is 19.9. The third-order valence-corrected chi connectivity index (χ3v) is 7.96. The van der Waals surface area contributed by atoms with Crippen molar-refractivity contribution in [3.63, 3.8) is 0 Å². The summed E-state index contributed by atoms with van der Waals surface area (Å²) in [4.78, 5) is 27.0. The molecule has 0 fully saturated rings. The Balaban J connectivity index is 1.58. The van der Waals surface area contributed by atoms with Gasteiger partial charge in [-0.2, -0.15) is 0 Å². The molecule has 0 saturated heterocycles. The number of nitrogens with one attached hydrogen (secondary N) is 1. The zero-order valence-electron chi connectivity index (χ0n) is 21.4. The van der Waals surface area contributed by atoms with Gasteiger partial charge in [0.15, 0.2) is 17.3 Å². The van der Waals surface area contributed by atoms with Crippen LogP contribution in [0.3, 0.4) is 0 Å². The number of carbonyl (C=O) groups is 2. The fourth-order valence-corrected chi connectivity index (χ4v) is 6.48. The van der Waals surface area contributed by atoms with Crippen molar-refractivity contribution in [2.45, 2.75) is 65.9 Å². The summed E-state index contributed by atoms with van der Waals surface area (Å²) in [7, 11) is 0. The molecule has 0 bridgehead atoms. The van der Waals surface area contributed by atoms with Gasteiger partial charge in [0, 0.05) is 46.9 Å². The zero-order chi connectivity index (χ0) is 26.7. The van der Waals surface area contributed by atoms with E-state index in [1.54, 1.807) is 30.3 Å². The first kappa shape index (κ1) is 26.0. The van der Waals surface area contributed by atoms with Crippen molar-refractivity contribution >= 4 is 34.8 Å². The van der Waals surface area contributed by atoms with Gasteiger partial charge < -0.3 is 10.1 Å². The minimum absolute atomic E-state index is 0.0278. The molecule has 1 N–H and O–H groups in total. The molecule has 3 aliphatic rings. The maximum Gasteiger partial charge on any atom is 0.162 e. The van der Waals surface area contributed by atoms with Gasteiger partial charge in [-0.3, -0.25) is 9.59 Å². The first-order valence-corrected chi connectivity index (χ1v) is 13.3. The highest BCUT2D eigenvalue weighted by atomic mass is 35.5. The summed E-state index contributed by atoms with van der Waals surface area (Å²) in [5.41, 5.74) is 3.70. The molecule has 2 aromatic rings.